The number of hydrogen-bond acceptors (Lipinski definition) is 4. The second-order valence-corrected chi connectivity index (χ2v) is 7.76. The minimum absolute atomic E-state index is 0.143. The molecule has 0 amide bonds. The van der Waals surface area contributed by atoms with Crippen LogP contribution < -0.4 is 9.50 Å². The summed E-state index contributed by atoms with van der Waals surface area (Å²) < 4.78 is 29.8. The summed E-state index contributed by atoms with van der Waals surface area (Å²) in [4.78, 5) is 0.143. The molecular formula is C21H21NO3S. The van der Waals surface area contributed by atoms with Crippen molar-refractivity contribution in [2.24, 2.45) is 0 Å². The number of aryl methyl sites for hydroxylation is 2. The largest absolute Gasteiger partial charge is 0.381 e. The van der Waals surface area contributed by atoms with E-state index < -0.39 is 10.1 Å². The smallest absolute Gasteiger partial charge is 0.339 e. The molecule has 0 aliphatic rings. The van der Waals surface area contributed by atoms with Gasteiger partial charge in [0.1, 0.15) is 10.6 Å². The summed E-state index contributed by atoms with van der Waals surface area (Å²) in [7, 11) is -3.82. The zero-order chi connectivity index (χ0) is 18.6. The van der Waals surface area contributed by atoms with E-state index in [4.69, 9.17) is 4.18 Å². The maximum Gasteiger partial charge on any atom is 0.339 e. The van der Waals surface area contributed by atoms with Crippen molar-refractivity contribution in [1.82, 2.24) is 0 Å². The zero-order valence-electron chi connectivity index (χ0n) is 14.8. The first-order chi connectivity index (χ1) is 12.4. The van der Waals surface area contributed by atoms with E-state index in [0.717, 1.165) is 11.3 Å². The van der Waals surface area contributed by atoms with Crippen molar-refractivity contribution in [3.05, 3.63) is 89.5 Å². The minimum atomic E-state index is -3.82. The first-order valence-corrected chi connectivity index (χ1v) is 9.74. The molecule has 0 atom stereocenters. The molecule has 0 bridgehead atoms. The van der Waals surface area contributed by atoms with Gasteiger partial charge in [0.15, 0.2) is 0 Å². The molecular weight excluding hydrogens is 346 g/mol. The van der Waals surface area contributed by atoms with Gasteiger partial charge in [-0.1, -0.05) is 47.5 Å². The third kappa shape index (κ3) is 4.64. The molecule has 26 heavy (non-hydrogen) atoms. The van der Waals surface area contributed by atoms with E-state index in [2.05, 4.69) is 30.4 Å². The van der Waals surface area contributed by atoms with Crippen molar-refractivity contribution >= 4 is 15.8 Å². The van der Waals surface area contributed by atoms with Crippen LogP contribution in [0.5, 0.6) is 5.75 Å². The Kier molecular flexibility index (Phi) is 5.28. The molecule has 0 radical (unpaired) electrons. The third-order valence-corrected chi connectivity index (χ3v) is 5.21. The molecule has 0 saturated heterocycles. The third-order valence-electron chi connectivity index (χ3n) is 3.95. The fourth-order valence-corrected chi connectivity index (χ4v) is 3.46. The lowest BCUT2D eigenvalue weighted by atomic mass is 10.1. The van der Waals surface area contributed by atoms with Gasteiger partial charge in [0.05, 0.1) is 0 Å². The van der Waals surface area contributed by atoms with E-state index in [0.29, 0.717) is 6.54 Å². The van der Waals surface area contributed by atoms with Crippen LogP contribution in [-0.2, 0) is 16.7 Å². The summed E-state index contributed by atoms with van der Waals surface area (Å²) in [6, 6.07) is 21.7. The Bertz CT molecular complexity index is 979. The summed E-state index contributed by atoms with van der Waals surface area (Å²) in [6.07, 6.45) is 0. The predicted octanol–water partition coefficient (Wildman–Crippen LogP) is 4.68. The normalized spacial score (nSPS) is 11.2. The molecule has 0 saturated carbocycles. The van der Waals surface area contributed by atoms with Gasteiger partial charge in [-0.2, -0.15) is 8.42 Å². The maximum atomic E-state index is 12.3. The fourth-order valence-electron chi connectivity index (χ4n) is 2.53. The highest BCUT2D eigenvalue weighted by atomic mass is 32.2. The highest BCUT2D eigenvalue weighted by molar-refractivity contribution is 7.87. The van der Waals surface area contributed by atoms with E-state index >= 15 is 0 Å². The molecule has 1 N–H and O–H groups in total. The zero-order valence-corrected chi connectivity index (χ0v) is 15.6. The summed E-state index contributed by atoms with van der Waals surface area (Å²) >= 11 is 0. The molecule has 0 unspecified atom stereocenters. The van der Waals surface area contributed by atoms with Crippen LogP contribution in [0.4, 0.5) is 5.69 Å². The molecule has 0 aliphatic heterocycles. The van der Waals surface area contributed by atoms with Crippen LogP contribution in [0.15, 0.2) is 77.7 Å². The van der Waals surface area contributed by atoms with Gasteiger partial charge in [-0.3, -0.25) is 0 Å². The van der Waals surface area contributed by atoms with Gasteiger partial charge < -0.3 is 9.50 Å². The Morgan fingerprint density at radius 2 is 1.54 bits per heavy atom. The highest BCUT2D eigenvalue weighted by Gasteiger charge is 2.16. The van der Waals surface area contributed by atoms with Crippen molar-refractivity contribution in [2.75, 3.05) is 5.32 Å². The Balaban J connectivity index is 1.64. The van der Waals surface area contributed by atoms with Crippen LogP contribution in [0.1, 0.15) is 16.7 Å². The van der Waals surface area contributed by atoms with Crippen molar-refractivity contribution < 1.29 is 12.6 Å². The van der Waals surface area contributed by atoms with Crippen LogP contribution in [0.25, 0.3) is 0 Å². The maximum absolute atomic E-state index is 12.3. The standard InChI is InChI=1S/C21H21NO3S/c1-16-6-12-21(13-7-16)26(23,24)25-20-10-8-19(9-11-20)22-15-18-5-3-4-17(2)14-18/h3-14,22H,15H2,1-2H3. The van der Waals surface area contributed by atoms with E-state index in [9.17, 15) is 8.42 Å². The number of benzene rings is 3. The van der Waals surface area contributed by atoms with Crippen LogP contribution >= 0.6 is 0 Å². The lowest BCUT2D eigenvalue weighted by Gasteiger charge is -2.10. The fraction of sp³-hybridized carbons (Fsp3) is 0.143. The monoisotopic (exact) mass is 367 g/mol. The number of nitrogens with one attached hydrogen (secondary N) is 1. The van der Waals surface area contributed by atoms with Crippen LogP contribution in [0.2, 0.25) is 0 Å². The topological polar surface area (TPSA) is 55.4 Å². The first-order valence-electron chi connectivity index (χ1n) is 8.33. The van der Waals surface area contributed by atoms with Crippen LogP contribution in [0, 0.1) is 13.8 Å². The van der Waals surface area contributed by atoms with Crippen molar-refractivity contribution in [2.45, 2.75) is 25.3 Å². The van der Waals surface area contributed by atoms with Crippen molar-refractivity contribution in [3.63, 3.8) is 0 Å². The average Bonchev–Trinajstić information content (AvgIpc) is 2.61. The second-order valence-electron chi connectivity index (χ2n) is 6.22. The molecule has 0 aliphatic carbocycles. The number of anilines is 1. The van der Waals surface area contributed by atoms with Gasteiger partial charge in [0.2, 0.25) is 0 Å². The predicted molar refractivity (Wildman–Crippen MR) is 104 cm³/mol. The van der Waals surface area contributed by atoms with E-state index in [1.165, 1.54) is 11.1 Å². The summed E-state index contributed by atoms with van der Waals surface area (Å²) in [6.45, 7) is 4.66. The van der Waals surface area contributed by atoms with Gasteiger partial charge in [-0.15, -0.1) is 0 Å². The Hall–Kier alpha value is -2.79. The van der Waals surface area contributed by atoms with E-state index in [1.54, 1.807) is 48.5 Å². The Morgan fingerprint density at radius 1 is 0.846 bits per heavy atom. The van der Waals surface area contributed by atoms with Crippen molar-refractivity contribution in [3.8, 4) is 5.75 Å². The van der Waals surface area contributed by atoms with E-state index in [-0.39, 0.29) is 10.6 Å². The molecule has 134 valence electrons. The molecule has 4 nitrogen and oxygen atoms in total. The van der Waals surface area contributed by atoms with Gasteiger partial charge in [0.25, 0.3) is 0 Å². The quantitative estimate of drug-likeness (QED) is 0.643. The van der Waals surface area contributed by atoms with Gasteiger partial charge in [-0.25, -0.2) is 0 Å². The molecule has 3 aromatic rings. The Labute approximate surface area is 154 Å². The minimum Gasteiger partial charge on any atom is -0.381 e. The SMILES string of the molecule is Cc1ccc(S(=O)(=O)Oc2ccc(NCc3cccc(C)c3)cc2)cc1. The van der Waals surface area contributed by atoms with Crippen molar-refractivity contribution in [1.29, 1.82) is 0 Å². The lowest BCUT2D eigenvalue weighted by molar-refractivity contribution is 0.486. The molecule has 3 rings (SSSR count). The van der Waals surface area contributed by atoms with Gasteiger partial charge in [0, 0.05) is 12.2 Å². The molecule has 0 aromatic heterocycles. The number of hydrogen-bond donors (Lipinski definition) is 1. The van der Waals surface area contributed by atoms with E-state index in [1.807, 2.05) is 13.0 Å². The summed E-state index contributed by atoms with van der Waals surface area (Å²) in [5, 5.41) is 3.31. The highest BCUT2D eigenvalue weighted by Crippen LogP contribution is 2.21. The van der Waals surface area contributed by atoms with Crippen LogP contribution in [0.3, 0.4) is 0 Å². The second kappa shape index (κ2) is 7.62. The Morgan fingerprint density at radius 3 is 2.19 bits per heavy atom. The summed E-state index contributed by atoms with van der Waals surface area (Å²) in [5.41, 5.74) is 4.29. The van der Waals surface area contributed by atoms with Gasteiger partial charge >= 0.3 is 10.1 Å². The molecule has 3 aromatic carbocycles. The first kappa shape index (κ1) is 18.0. The molecule has 0 spiro atoms. The summed E-state index contributed by atoms with van der Waals surface area (Å²) in [5.74, 6) is 0.284. The lowest BCUT2D eigenvalue weighted by Crippen LogP contribution is -2.09. The molecule has 5 heteroatoms. The van der Waals surface area contributed by atoms with Crippen LogP contribution in [-0.4, -0.2) is 8.42 Å². The number of rotatable bonds is 6. The van der Waals surface area contributed by atoms with Gasteiger partial charge in [-0.05, 0) is 55.8 Å². The molecule has 0 fully saturated rings. The molecule has 0 heterocycles. The average molecular weight is 367 g/mol.